The summed E-state index contributed by atoms with van der Waals surface area (Å²) < 4.78 is 0. The van der Waals surface area contributed by atoms with Crippen molar-refractivity contribution in [2.24, 2.45) is 11.7 Å². The second kappa shape index (κ2) is 3.72. The molecule has 0 saturated heterocycles. The van der Waals surface area contributed by atoms with E-state index in [9.17, 15) is 0 Å². The summed E-state index contributed by atoms with van der Waals surface area (Å²) in [4.78, 5) is 0. The standard InChI is InChI=1S/C11H17N/c1-8(2)11(12)10-6-4-9(3)5-7-10/h4-8,11H,12H2,1-3H3/t11-/m1/s1. The molecule has 1 nitrogen and oxygen atoms in total. The number of hydrogen-bond acceptors (Lipinski definition) is 1. The first-order valence-corrected chi connectivity index (χ1v) is 4.43. The monoisotopic (exact) mass is 163 g/mol. The summed E-state index contributed by atoms with van der Waals surface area (Å²) >= 11 is 0. The van der Waals surface area contributed by atoms with Gasteiger partial charge in [-0.05, 0) is 18.4 Å². The first-order valence-electron chi connectivity index (χ1n) is 4.43. The first-order chi connectivity index (χ1) is 5.61. The van der Waals surface area contributed by atoms with Gasteiger partial charge in [0.1, 0.15) is 0 Å². The third-order valence-corrected chi connectivity index (χ3v) is 2.18. The Kier molecular flexibility index (Phi) is 2.88. The van der Waals surface area contributed by atoms with Gasteiger partial charge in [0.05, 0.1) is 0 Å². The van der Waals surface area contributed by atoms with Crippen molar-refractivity contribution < 1.29 is 0 Å². The molecule has 12 heavy (non-hydrogen) atoms. The van der Waals surface area contributed by atoms with Crippen LogP contribution in [-0.4, -0.2) is 0 Å². The van der Waals surface area contributed by atoms with Crippen molar-refractivity contribution in [2.75, 3.05) is 0 Å². The van der Waals surface area contributed by atoms with E-state index in [1.807, 2.05) is 0 Å². The van der Waals surface area contributed by atoms with Crippen LogP contribution in [0, 0.1) is 12.8 Å². The highest BCUT2D eigenvalue weighted by Gasteiger charge is 2.08. The quantitative estimate of drug-likeness (QED) is 0.712. The van der Waals surface area contributed by atoms with Gasteiger partial charge >= 0.3 is 0 Å². The lowest BCUT2D eigenvalue weighted by molar-refractivity contribution is 0.514. The molecular weight excluding hydrogens is 146 g/mol. The summed E-state index contributed by atoms with van der Waals surface area (Å²) in [6.07, 6.45) is 0. The third kappa shape index (κ3) is 2.08. The fourth-order valence-electron chi connectivity index (χ4n) is 1.17. The van der Waals surface area contributed by atoms with Crippen molar-refractivity contribution in [3.63, 3.8) is 0 Å². The van der Waals surface area contributed by atoms with E-state index >= 15 is 0 Å². The molecule has 1 rings (SSSR count). The topological polar surface area (TPSA) is 26.0 Å². The van der Waals surface area contributed by atoms with Crippen molar-refractivity contribution in [1.29, 1.82) is 0 Å². The summed E-state index contributed by atoms with van der Waals surface area (Å²) in [7, 11) is 0. The van der Waals surface area contributed by atoms with Crippen LogP contribution in [0.15, 0.2) is 24.3 Å². The maximum atomic E-state index is 5.99. The van der Waals surface area contributed by atoms with Crippen molar-refractivity contribution in [2.45, 2.75) is 26.8 Å². The van der Waals surface area contributed by atoms with Crippen LogP contribution >= 0.6 is 0 Å². The molecule has 0 amide bonds. The Morgan fingerprint density at radius 3 is 2.00 bits per heavy atom. The maximum Gasteiger partial charge on any atom is 0.0318 e. The van der Waals surface area contributed by atoms with Gasteiger partial charge in [-0.2, -0.15) is 0 Å². The van der Waals surface area contributed by atoms with Gasteiger partial charge in [0, 0.05) is 6.04 Å². The highest BCUT2D eigenvalue weighted by Crippen LogP contribution is 2.18. The van der Waals surface area contributed by atoms with Gasteiger partial charge in [0.15, 0.2) is 0 Å². The van der Waals surface area contributed by atoms with Crippen molar-refractivity contribution in [3.8, 4) is 0 Å². The number of hydrogen-bond donors (Lipinski definition) is 1. The highest BCUT2D eigenvalue weighted by atomic mass is 14.6. The summed E-state index contributed by atoms with van der Waals surface area (Å²) in [5.74, 6) is 0.507. The zero-order valence-electron chi connectivity index (χ0n) is 8.04. The van der Waals surface area contributed by atoms with E-state index in [-0.39, 0.29) is 6.04 Å². The van der Waals surface area contributed by atoms with Crippen LogP contribution in [0.4, 0.5) is 0 Å². The summed E-state index contributed by atoms with van der Waals surface area (Å²) in [6.45, 7) is 6.37. The van der Waals surface area contributed by atoms with Gasteiger partial charge in [-0.15, -0.1) is 0 Å². The largest absolute Gasteiger partial charge is 0.324 e. The fraction of sp³-hybridized carbons (Fsp3) is 0.455. The molecule has 0 aliphatic carbocycles. The summed E-state index contributed by atoms with van der Waals surface area (Å²) in [6, 6.07) is 8.61. The lowest BCUT2D eigenvalue weighted by Gasteiger charge is -2.15. The molecule has 1 aromatic rings. The van der Waals surface area contributed by atoms with Crippen LogP contribution in [0.2, 0.25) is 0 Å². The lowest BCUT2D eigenvalue weighted by Crippen LogP contribution is -2.16. The van der Waals surface area contributed by atoms with Crippen LogP contribution in [0.5, 0.6) is 0 Å². The van der Waals surface area contributed by atoms with E-state index in [0.29, 0.717) is 5.92 Å². The second-order valence-electron chi connectivity index (χ2n) is 3.68. The van der Waals surface area contributed by atoms with Gasteiger partial charge in [-0.25, -0.2) is 0 Å². The normalized spacial score (nSPS) is 13.4. The number of aryl methyl sites for hydroxylation is 1. The Balaban J connectivity index is 2.82. The molecule has 0 heterocycles. The Hall–Kier alpha value is -0.820. The van der Waals surface area contributed by atoms with Gasteiger partial charge < -0.3 is 5.73 Å². The molecule has 0 fully saturated rings. The second-order valence-corrected chi connectivity index (χ2v) is 3.68. The van der Waals surface area contributed by atoms with Crippen LogP contribution in [0.25, 0.3) is 0 Å². The van der Waals surface area contributed by atoms with Crippen molar-refractivity contribution in [1.82, 2.24) is 0 Å². The zero-order valence-corrected chi connectivity index (χ0v) is 8.04. The Labute approximate surface area is 74.6 Å². The third-order valence-electron chi connectivity index (χ3n) is 2.18. The molecule has 0 aromatic heterocycles. The molecule has 0 aliphatic rings. The molecule has 1 atom stereocenters. The van der Waals surface area contributed by atoms with Crippen molar-refractivity contribution in [3.05, 3.63) is 35.4 Å². The van der Waals surface area contributed by atoms with Gasteiger partial charge in [0.25, 0.3) is 0 Å². The molecule has 1 aromatic carbocycles. The molecule has 66 valence electrons. The minimum Gasteiger partial charge on any atom is -0.324 e. The highest BCUT2D eigenvalue weighted by molar-refractivity contribution is 5.24. The van der Waals surface area contributed by atoms with Gasteiger partial charge in [-0.3, -0.25) is 0 Å². The molecule has 0 radical (unpaired) electrons. The Morgan fingerprint density at radius 2 is 1.58 bits per heavy atom. The molecule has 0 saturated carbocycles. The smallest absolute Gasteiger partial charge is 0.0318 e. The van der Waals surface area contributed by atoms with Crippen LogP contribution in [0.1, 0.15) is 31.0 Å². The van der Waals surface area contributed by atoms with Crippen molar-refractivity contribution >= 4 is 0 Å². The van der Waals surface area contributed by atoms with E-state index in [1.165, 1.54) is 11.1 Å². The molecule has 0 aliphatic heterocycles. The fourth-order valence-corrected chi connectivity index (χ4v) is 1.17. The summed E-state index contributed by atoms with van der Waals surface area (Å²) in [5, 5.41) is 0. The molecule has 1 heteroatoms. The first kappa shape index (κ1) is 9.27. The van der Waals surface area contributed by atoms with E-state index in [1.54, 1.807) is 0 Å². The minimum absolute atomic E-state index is 0.172. The van der Waals surface area contributed by atoms with E-state index in [4.69, 9.17) is 5.73 Å². The van der Waals surface area contributed by atoms with E-state index < -0.39 is 0 Å². The average Bonchev–Trinajstić information content (AvgIpc) is 2.04. The molecule has 0 spiro atoms. The predicted octanol–water partition coefficient (Wildman–Crippen LogP) is 2.65. The zero-order chi connectivity index (χ0) is 9.14. The lowest BCUT2D eigenvalue weighted by atomic mass is 9.96. The molecule has 0 bridgehead atoms. The van der Waals surface area contributed by atoms with Gasteiger partial charge in [0.2, 0.25) is 0 Å². The number of rotatable bonds is 2. The summed E-state index contributed by atoms with van der Waals surface area (Å²) in [5.41, 5.74) is 8.51. The molecular formula is C11H17N. The number of nitrogens with two attached hydrogens (primary N) is 1. The van der Waals surface area contributed by atoms with E-state index in [0.717, 1.165) is 0 Å². The minimum atomic E-state index is 0.172. The molecule has 2 N–H and O–H groups in total. The van der Waals surface area contributed by atoms with Crippen LogP contribution < -0.4 is 5.73 Å². The van der Waals surface area contributed by atoms with Gasteiger partial charge in [-0.1, -0.05) is 43.7 Å². The van der Waals surface area contributed by atoms with Crippen LogP contribution in [-0.2, 0) is 0 Å². The maximum absolute atomic E-state index is 5.99. The Bertz CT molecular complexity index is 236. The average molecular weight is 163 g/mol. The molecule has 0 unspecified atom stereocenters. The van der Waals surface area contributed by atoms with Crippen LogP contribution in [0.3, 0.4) is 0 Å². The SMILES string of the molecule is Cc1ccc([C@H](N)C(C)C)cc1. The predicted molar refractivity (Wildman–Crippen MR) is 52.9 cm³/mol. The van der Waals surface area contributed by atoms with E-state index in [2.05, 4.69) is 45.0 Å². The Morgan fingerprint density at radius 1 is 1.08 bits per heavy atom. The number of benzene rings is 1.